The van der Waals surface area contributed by atoms with Gasteiger partial charge in [-0.25, -0.2) is 9.78 Å². The normalized spacial score (nSPS) is 9.95. The van der Waals surface area contributed by atoms with E-state index in [1.54, 1.807) is 25.4 Å². The van der Waals surface area contributed by atoms with Gasteiger partial charge in [-0.3, -0.25) is 0 Å². The van der Waals surface area contributed by atoms with Crippen molar-refractivity contribution in [2.75, 3.05) is 26.2 Å². The molecule has 20 heavy (non-hydrogen) atoms. The summed E-state index contributed by atoms with van der Waals surface area (Å²) in [5, 5.41) is 0. The molecule has 0 N–H and O–H groups in total. The Morgan fingerprint density at radius 3 is 2.45 bits per heavy atom. The molecule has 0 bridgehead atoms. The van der Waals surface area contributed by atoms with Gasteiger partial charge in [0, 0.05) is 18.9 Å². The zero-order valence-electron chi connectivity index (χ0n) is 11.7. The minimum absolute atomic E-state index is 0.378. The maximum Gasteiger partial charge on any atom is 0.338 e. The van der Waals surface area contributed by atoms with Crippen LogP contribution in [0.5, 0.6) is 5.75 Å². The van der Waals surface area contributed by atoms with Gasteiger partial charge in [-0.05, 0) is 36.4 Å². The standard InChI is InChI=1S/C15H16N2O3/c1-17(12-4-6-13(19-2)7-5-12)14-10-11(8-9-16-14)15(18)20-3/h4-10H,1-3H3. The molecule has 0 radical (unpaired) electrons. The van der Waals surface area contributed by atoms with Gasteiger partial charge in [0.1, 0.15) is 11.6 Å². The summed E-state index contributed by atoms with van der Waals surface area (Å²) in [6.45, 7) is 0. The smallest absolute Gasteiger partial charge is 0.338 e. The zero-order valence-corrected chi connectivity index (χ0v) is 11.7. The Morgan fingerprint density at radius 2 is 1.85 bits per heavy atom. The third kappa shape index (κ3) is 2.88. The first kappa shape index (κ1) is 13.9. The molecular weight excluding hydrogens is 256 g/mol. The second kappa shape index (κ2) is 6.06. The van der Waals surface area contributed by atoms with E-state index in [2.05, 4.69) is 4.98 Å². The average molecular weight is 272 g/mol. The lowest BCUT2D eigenvalue weighted by Crippen LogP contribution is -2.12. The number of hydrogen-bond acceptors (Lipinski definition) is 5. The Hall–Kier alpha value is -2.56. The fraction of sp³-hybridized carbons (Fsp3) is 0.200. The number of pyridine rings is 1. The number of hydrogen-bond donors (Lipinski definition) is 0. The largest absolute Gasteiger partial charge is 0.497 e. The number of carbonyl (C=O) groups excluding carboxylic acids is 1. The summed E-state index contributed by atoms with van der Waals surface area (Å²) in [4.78, 5) is 17.7. The van der Waals surface area contributed by atoms with Gasteiger partial charge >= 0.3 is 5.97 Å². The van der Waals surface area contributed by atoms with Gasteiger partial charge in [0.25, 0.3) is 0 Å². The Kier molecular flexibility index (Phi) is 4.20. The van der Waals surface area contributed by atoms with E-state index in [1.165, 1.54) is 7.11 Å². The number of aromatic nitrogens is 1. The summed E-state index contributed by atoms with van der Waals surface area (Å²) in [5.74, 6) is 1.08. The van der Waals surface area contributed by atoms with Gasteiger partial charge in [-0.1, -0.05) is 0 Å². The van der Waals surface area contributed by atoms with Gasteiger partial charge in [-0.2, -0.15) is 0 Å². The van der Waals surface area contributed by atoms with Crippen LogP contribution in [0.1, 0.15) is 10.4 Å². The molecule has 0 aliphatic carbocycles. The molecule has 0 spiro atoms. The molecule has 0 amide bonds. The van der Waals surface area contributed by atoms with E-state index in [0.29, 0.717) is 11.4 Å². The number of rotatable bonds is 4. The Labute approximate surface area is 117 Å². The summed E-state index contributed by atoms with van der Waals surface area (Å²) in [6, 6.07) is 10.9. The summed E-state index contributed by atoms with van der Waals surface area (Å²) >= 11 is 0. The average Bonchev–Trinajstić information content (AvgIpc) is 2.53. The quantitative estimate of drug-likeness (QED) is 0.801. The Morgan fingerprint density at radius 1 is 1.15 bits per heavy atom. The van der Waals surface area contributed by atoms with Gasteiger partial charge in [0.15, 0.2) is 0 Å². The number of anilines is 2. The molecule has 2 aromatic rings. The molecule has 0 aliphatic rings. The molecule has 1 heterocycles. The minimum atomic E-state index is -0.378. The topological polar surface area (TPSA) is 51.7 Å². The summed E-state index contributed by atoms with van der Waals surface area (Å²) in [6.07, 6.45) is 1.58. The zero-order chi connectivity index (χ0) is 14.5. The molecule has 0 unspecified atom stereocenters. The van der Waals surface area contributed by atoms with Crippen molar-refractivity contribution >= 4 is 17.5 Å². The molecule has 0 saturated heterocycles. The molecule has 5 heteroatoms. The highest BCUT2D eigenvalue weighted by molar-refractivity contribution is 5.90. The SMILES string of the molecule is COC(=O)c1ccnc(N(C)c2ccc(OC)cc2)c1. The van der Waals surface area contributed by atoms with Crippen LogP contribution in [-0.4, -0.2) is 32.2 Å². The van der Waals surface area contributed by atoms with E-state index < -0.39 is 0 Å². The first-order valence-electron chi connectivity index (χ1n) is 6.08. The summed E-state index contributed by atoms with van der Waals surface area (Å²) in [5.41, 5.74) is 1.41. The van der Waals surface area contributed by atoms with Crippen molar-refractivity contribution in [3.63, 3.8) is 0 Å². The molecular formula is C15H16N2O3. The van der Waals surface area contributed by atoms with Crippen molar-refractivity contribution in [3.8, 4) is 5.75 Å². The highest BCUT2D eigenvalue weighted by Gasteiger charge is 2.10. The lowest BCUT2D eigenvalue weighted by atomic mass is 10.2. The highest BCUT2D eigenvalue weighted by Crippen LogP contribution is 2.24. The van der Waals surface area contributed by atoms with Crippen molar-refractivity contribution in [2.45, 2.75) is 0 Å². The van der Waals surface area contributed by atoms with Crippen LogP contribution in [0, 0.1) is 0 Å². The predicted molar refractivity (Wildman–Crippen MR) is 76.6 cm³/mol. The first-order chi connectivity index (χ1) is 9.65. The molecule has 2 rings (SSSR count). The monoisotopic (exact) mass is 272 g/mol. The summed E-state index contributed by atoms with van der Waals surface area (Å²) < 4.78 is 9.83. The van der Waals surface area contributed by atoms with E-state index in [-0.39, 0.29) is 5.97 Å². The van der Waals surface area contributed by atoms with Crippen LogP contribution in [0.2, 0.25) is 0 Å². The third-order valence-corrected chi connectivity index (χ3v) is 2.97. The van der Waals surface area contributed by atoms with Gasteiger partial charge in [-0.15, -0.1) is 0 Å². The van der Waals surface area contributed by atoms with Crippen LogP contribution in [-0.2, 0) is 4.74 Å². The maximum absolute atomic E-state index is 11.5. The molecule has 1 aromatic carbocycles. The van der Waals surface area contributed by atoms with E-state index >= 15 is 0 Å². The number of nitrogens with zero attached hydrogens (tertiary/aromatic N) is 2. The van der Waals surface area contributed by atoms with E-state index in [4.69, 9.17) is 9.47 Å². The maximum atomic E-state index is 11.5. The molecule has 5 nitrogen and oxygen atoms in total. The van der Waals surface area contributed by atoms with Crippen LogP contribution in [0.15, 0.2) is 42.6 Å². The number of carbonyl (C=O) groups is 1. The van der Waals surface area contributed by atoms with Gasteiger partial charge in [0.05, 0.1) is 19.8 Å². The second-order valence-corrected chi connectivity index (χ2v) is 4.15. The molecule has 0 atom stereocenters. The number of ether oxygens (including phenoxy) is 2. The predicted octanol–water partition coefficient (Wildman–Crippen LogP) is 2.64. The van der Waals surface area contributed by atoms with Gasteiger partial charge < -0.3 is 14.4 Å². The van der Waals surface area contributed by atoms with Crippen molar-refractivity contribution in [1.29, 1.82) is 0 Å². The molecule has 0 saturated carbocycles. The highest BCUT2D eigenvalue weighted by atomic mass is 16.5. The fourth-order valence-corrected chi connectivity index (χ4v) is 1.78. The molecule has 0 fully saturated rings. The lowest BCUT2D eigenvalue weighted by Gasteiger charge is -2.18. The van der Waals surface area contributed by atoms with E-state index in [9.17, 15) is 4.79 Å². The van der Waals surface area contributed by atoms with Crippen LogP contribution in [0.25, 0.3) is 0 Å². The molecule has 104 valence electrons. The fourth-order valence-electron chi connectivity index (χ4n) is 1.78. The van der Waals surface area contributed by atoms with Gasteiger partial charge in [0.2, 0.25) is 0 Å². The van der Waals surface area contributed by atoms with Crippen molar-refractivity contribution in [3.05, 3.63) is 48.2 Å². The van der Waals surface area contributed by atoms with Crippen LogP contribution in [0.4, 0.5) is 11.5 Å². The van der Waals surface area contributed by atoms with Crippen LogP contribution >= 0.6 is 0 Å². The first-order valence-corrected chi connectivity index (χ1v) is 6.08. The number of methoxy groups -OCH3 is 2. The molecule has 1 aromatic heterocycles. The van der Waals surface area contributed by atoms with E-state index in [0.717, 1.165) is 11.4 Å². The van der Waals surface area contributed by atoms with Crippen molar-refractivity contribution in [1.82, 2.24) is 4.98 Å². The van der Waals surface area contributed by atoms with Crippen LogP contribution in [0.3, 0.4) is 0 Å². The van der Waals surface area contributed by atoms with E-state index in [1.807, 2.05) is 36.2 Å². The Bertz CT molecular complexity index is 596. The minimum Gasteiger partial charge on any atom is -0.497 e. The number of benzene rings is 1. The number of esters is 1. The summed E-state index contributed by atoms with van der Waals surface area (Å²) in [7, 11) is 4.86. The third-order valence-electron chi connectivity index (χ3n) is 2.97. The Balaban J connectivity index is 2.27. The van der Waals surface area contributed by atoms with Crippen LogP contribution < -0.4 is 9.64 Å². The van der Waals surface area contributed by atoms with Crippen molar-refractivity contribution < 1.29 is 14.3 Å². The molecule has 0 aliphatic heterocycles. The lowest BCUT2D eigenvalue weighted by molar-refractivity contribution is 0.0600. The van der Waals surface area contributed by atoms with Crippen molar-refractivity contribution in [2.24, 2.45) is 0 Å². The second-order valence-electron chi connectivity index (χ2n) is 4.15.